The lowest BCUT2D eigenvalue weighted by atomic mass is 9.92. The highest BCUT2D eigenvalue weighted by Crippen LogP contribution is 2.30. The molecule has 0 bridgehead atoms. The standard InChI is InChI=1S/C24H23FN2O4/c1-2-20(14-3-6-17(25)7-4-14)26-23(30)15-5-9-19-16(11-15)13-27(24(19)31)21-10-8-18(28)12-22(21)29/h3-7,9,11,20-21H,2,8,10,12-13H2,1H3,(H,26,30)/t20-,21?/m1/s1. The van der Waals surface area contributed by atoms with Crippen LogP contribution in [0.2, 0.25) is 0 Å². The topological polar surface area (TPSA) is 83.6 Å². The fraction of sp³-hybridized carbons (Fsp3) is 0.333. The average molecular weight is 422 g/mol. The monoisotopic (exact) mass is 422 g/mol. The molecule has 31 heavy (non-hydrogen) atoms. The first kappa shape index (κ1) is 20.9. The molecule has 1 unspecified atom stereocenters. The molecule has 2 aromatic carbocycles. The first-order valence-corrected chi connectivity index (χ1v) is 10.4. The Bertz CT molecular complexity index is 1060. The van der Waals surface area contributed by atoms with Gasteiger partial charge in [0, 0.05) is 24.1 Å². The van der Waals surface area contributed by atoms with E-state index in [1.165, 1.54) is 17.0 Å². The van der Waals surface area contributed by atoms with Crippen molar-refractivity contribution in [2.24, 2.45) is 0 Å². The number of amides is 2. The Morgan fingerprint density at radius 3 is 2.58 bits per heavy atom. The number of hydrogen-bond acceptors (Lipinski definition) is 4. The van der Waals surface area contributed by atoms with Crippen molar-refractivity contribution < 1.29 is 23.6 Å². The summed E-state index contributed by atoms with van der Waals surface area (Å²) in [5.74, 6) is -1.17. The average Bonchev–Trinajstić information content (AvgIpc) is 3.08. The molecule has 4 rings (SSSR count). The van der Waals surface area contributed by atoms with Crippen LogP contribution < -0.4 is 5.32 Å². The molecular weight excluding hydrogens is 399 g/mol. The zero-order chi connectivity index (χ0) is 22.1. The largest absolute Gasteiger partial charge is 0.345 e. The number of nitrogens with one attached hydrogen (secondary N) is 1. The van der Waals surface area contributed by atoms with Crippen molar-refractivity contribution >= 4 is 23.4 Å². The van der Waals surface area contributed by atoms with E-state index in [-0.39, 0.29) is 48.2 Å². The van der Waals surface area contributed by atoms with E-state index in [0.29, 0.717) is 36.0 Å². The van der Waals surface area contributed by atoms with Gasteiger partial charge in [-0.3, -0.25) is 19.2 Å². The number of fused-ring (bicyclic) bond motifs is 1. The zero-order valence-corrected chi connectivity index (χ0v) is 17.2. The Kier molecular flexibility index (Phi) is 5.67. The number of halogens is 1. The summed E-state index contributed by atoms with van der Waals surface area (Å²) in [6.07, 6.45) is 1.16. The third kappa shape index (κ3) is 4.13. The summed E-state index contributed by atoms with van der Waals surface area (Å²) < 4.78 is 13.2. The van der Waals surface area contributed by atoms with Crippen molar-refractivity contribution in [1.82, 2.24) is 10.2 Å². The van der Waals surface area contributed by atoms with Gasteiger partial charge in [-0.25, -0.2) is 4.39 Å². The quantitative estimate of drug-likeness (QED) is 0.749. The molecule has 0 saturated heterocycles. The molecule has 0 aromatic heterocycles. The van der Waals surface area contributed by atoms with Crippen LogP contribution in [0, 0.1) is 5.82 Å². The van der Waals surface area contributed by atoms with Crippen LogP contribution in [0.25, 0.3) is 0 Å². The minimum atomic E-state index is -0.585. The van der Waals surface area contributed by atoms with Crippen molar-refractivity contribution in [3.8, 4) is 0 Å². The summed E-state index contributed by atoms with van der Waals surface area (Å²) in [5, 5.41) is 2.96. The lowest BCUT2D eigenvalue weighted by Gasteiger charge is -2.29. The number of hydrogen-bond donors (Lipinski definition) is 1. The predicted molar refractivity (Wildman–Crippen MR) is 111 cm³/mol. The molecule has 7 heteroatoms. The third-order valence-corrected chi connectivity index (χ3v) is 6.00. The van der Waals surface area contributed by atoms with Crippen LogP contribution in [0.3, 0.4) is 0 Å². The Morgan fingerprint density at radius 2 is 1.90 bits per heavy atom. The molecule has 160 valence electrons. The molecule has 1 aliphatic carbocycles. The van der Waals surface area contributed by atoms with Gasteiger partial charge in [0.25, 0.3) is 11.8 Å². The molecule has 0 spiro atoms. The Morgan fingerprint density at radius 1 is 1.16 bits per heavy atom. The number of Topliss-reactive ketones (excluding diaryl/α,β-unsaturated/α-hetero) is 2. The lowest BCUT2D eigenvalue weighted by molar-refractivity contribution is -0.133. The first-order chi connectivity index (χ1) is 14.9. The highest BCUT2D eigenvalue weighted by atomic mass is 19.1. The smallest absolute Gasteiger partial charge is 0.255 e. The van der Waals surface area contributed by atoms with Crippen molar-refractivity contribution in [2.45, 2.75) is 51.2 Å². The maximum absolute atomic E-state index is 13.2. The molecule has 1 heterocycles. The van der Waals surface area contributed by atoms with Gasteiger partial charge in [-0.1, -0.05) is 19.1 Å². The Labute approximate surface area is 179 Å². The van der Waals surface area contributed by atoms with Crippen LogP contribution >= 0.6 is 0 Å². The first-order valence-electron chi connectivity index (χ1n) is 10.4. The lowest BCUT2D eigenvalue weighted by Crippen LogP contribution is -2.44. The molecule has 1 aliphatic heterocycles. The van der Waals surface area contributed by atoms with E-state index in [2.05, 4.69) is 5.32 Å². The fourth-order valence-corrected chi connectivity index (χ4v) is 4.28. The fourth-order valence-electron chi connectivity index (χ4n) is 4.28. The Balaban J connectivity index is 1.50. The highest BCUT2D eigenvalue weighted by molar-refractivity contribution is 6.08. The molecule has 2 amide bonds. The minimum Gasteiger partial charge on any atom is -0.345 e. The summed E-state index contributed by atoms with van der Waals surface area (Å²) in [4.78, 5) is 50.9. The van der Waals surface area contributed by atoms with E-state index in [0.717, 1.165) is 5.56 Å². The van der Waals surface area contributed by atoms with Crippen LogP contribution in [0.1, 0.15) is 70.5 Å². The SMILES string of the molecule is CC[C@@H](NC(=O)c1ccc2c(c1)CN(C1CCC(=O)CC1=O)C2=O)c1ccc(F)cc1. The van der Waals surface area contributed by atoms with Gasteiger partial charge < -0.3 is 10.2 Å². The van der Waals surface area contributed by atoms with Crippen LogP contribution in [0.4, 0.5) is 4.39 Å². The van der Waals surface area contributed by atoms with Gasteiger partial charge in [0.1, 0.15) is 11.6 Å². The van der Waals surface area contributed by atoms with E-state index in [9.17, 15) is 23.6 Å². The third-order valence-electron chi connectivity index (χ3n) is 6.00. The van der Waals surface area contributed by atoms with Crippen molar-refractivity contribution in [3.05, 3.63) is 70.5 Å². The summed E-state index contributed by atoms with van der Waals surface area (Å²) in [6.45, 7) is 2.18. The summed E-state index contributed by atoms with van der Waals surface area (Å²) in [5.41, 5.74) is 2.40. The number of carbonyl (C=O) groups excluding carboxylic acids is 4. The summed E-state index contributed by atoms with van der Waals surface area (Å²) in [6, 6.07) is 10.1. The molecular formula is C24H23FN2O4. The Hall–Kier alpha value is -3.35. The summed E-state index contributed by atoms with van der Waals surface area (Å²) in [7, 11) is 0. The second-order valence-electron chi connectivity index (χ2n) is 8.03. The van der Waals surface area contributed by atoms with Gasteiger partial charge in [-0.15, -0.1) is 0 Å². The van der Waals surface area contributed by atoms with Crippen LogP contribution in [0.15, 0.2) is 42.5 Å². The van der Waals surface area contributed by atoms with E-state index in [1.54, 1.807) is 30.3 Å². The van der Waals surface area contributed by atoms with Crippen LogP contribution in [-0.4, -0.2) is 34.3 Å². The van der Waals surface area contributed by atoms with E-state index in [1.807, 2.05) is 6.92 Å². The van der Waals surface area contributed by atoms with Gasteiger partial charge in [0.2, 0.25) is 0 Å². The maximum atomic E-state index is 13.2. The van der Waals surface area contributed by atoms with Crippen LogP contribution in [-0.2, 0) is 16.1 Å². The second-order valence-corrected chi connectivity index (χ2v) is 8.03. The molecule has 2 aliphatic rings. The maximum Gasteiger partial charge on any atom is 0.255 e. The highest BCUT2D eigenvalue weighted by Gasteiger charge is 2.39. The molecule has 0 radical (unpaired) electrons. The minimum absolute atomic E-state index is 0.0870. The number of rotatable bonds is 5. The number of carbonyl (C=O) groups is 4. The predicted octanol–water partition coefficient (Wildman–Crippen LogP) is 3.35. The zero-order valence-electron chi connectivity index (χ0n) is 17.2. The second kappa shape index (κ2) is 8.41. The van der Waals surface area contributed by atoms with Gasteiger partial charge in [-0.05, 0) is 54.3 Å². The van der Waals surface area contributed by atoms with Crippen molar-refractivity contribution in [1.29, 1.82) is 0 Å². The summed E-state index contributed by atoms with van der Waals surface area (Å²) >= 11 is 0. The van der Waals surface area contributed by atoms with E-state index in [4.69, 9.17) is 0 Å². The molecule has 1 fully saturated rings. The number of benzene rings is 2. The molecule has 2 atom stereocenters. The van der Waals surface area contributed by atoms with Gasteiger partial charge in [0.05, 0.1) is 18.5 Å². The van der Waals surface area contributed by atoms with Crippen molar-refractivity contribution in [2.75, 3.05) is 0 Å². The molecule has 2 aromatic rings. The van der Waals surface area contributed by atoms with Gasteiger partial charge >= 0.3 is 0 Å². The van der Waals surface area contributed by atoms with Crippen molar-refractivity contribution in [3.63, 3.8) is 0 Å². The van der Waals surface area contributed by atoms with E-state index < -0.39 is 6.04 Å². The van der Waals surface area contributed by atoms with E-state index >= 15 is 0 Å². The van der Waals surface area contributed by atoms with Gasteiger partial charge in [-0.2, -0.15) is 0 Å². The number of nitrogens with zero attached hydrogens (tertiary/aromatic N) is 1. The molecule has 6 nitrogen and oxygen atoms in total. The molecule has 1 N–H and O–H groups in total. The normalized spacial score (nSPS) is 19.4. The molecule has 1 saturated carbocycles. The number of ketones is 2. The van der Waals surface area contributed by atoms with Crippen LogP contribution in [0.5, 0.6) is 0 Å². The van der Waals surface area contributed by atoms with Gasteiger partial charge in [0.15, 0.2) is 5.78 Å².